The SMILES string of the molecule is CC(C)(C)OC(=O)OCC1(COC(=O)OC(C)(C)C)COC2(OC1)C1CC3CC2CC(OC(=O)C(C)(F)F)(C3)C1. The molecule has 1 spiro atoms. The Hall–Kier alpha value is -2.21. The van der Waals surface area contributed by atoms with Crippen LogP contribution in [0.1, 0.15) is 80.6 Å². The molecule has 2 atom stereocenters. The molecule has 0 amide bonds. The maximum atomic E-state index is 13.7. The molecule has 228 valence electrons. The summed E-state index contributed by atoms with van der Waals surface area (Å²) in [5, 5.41) is 0. The van der Waals surface area contributed by atoms with Crippen LogP contribution in [0.4, 0.5) is 18.4 Å². The first-order chi connectivity index (χ1) is 18.2. The second-order valence-electron chi connectivity index (χ2n) is 14.1. The third-order valence-electron chi connectivity index (χ3n) is 7.92. The van der Waals surface area contributed by atoms with Crippen LogP contribution in [0.2, 0.25) is 0 Å². The van der Waals surface area contributed by atoms with Gasteiger partial charge in [0.05, 0.1) is 18.6 Å². The van der Waals surface area contributed by atoms with E-state index in [0.29, 0.717) is 26.2 Å². The van der Waals surface area contributed by atoms with Gasteiger partial charge in [-0.3, -0.25) is 0 Å². The highest BCUT2D eigenvalue weighted by Gasteiger charge is 2.67. The van der Waals surface area contributed by atoms with E-state index in [-0.39, 0.29) is 44.2 Å². The van der Waals surface area contributed by atoms with Crippen molar-refractivity contribution in [1.29, 1.82) is 0 Å². The first-order valence-electron chi connectivity index (χ1n) is 13.8. The Labute approximate surface area is 233 Å². The molecule has 0 aromatic rings. The summed E-state index contributed by atoms with van der Waals surface area (Å²) in [4.78, 5) is 36.7. The molecule has 0 aromatic carbocycles. The summed E-state index contributed by atoms with van der Waals surface area (Å²) in [6, 6.07) is 0. The molecule has 5 aliphatic rings. The van der Waals surface area contributed by atoms with E-state index in [1.165, 1.54) is 0 Å². The monoisotopic (exact) mass is 576 g/mol. The molecule has 4 aliphatic carbocycles. The number of esters is 1. The van der Waals surface area contributed by atoms with Gasteiger partial charge in [-0.2, -0.15) is 8.78 Å². The lowest BCUT2D eigenvalue weighted by atomic mass is 9.51. The summed E-state index contributed by atoms with van der Waals surface area (Å²) in [5.41, 5.74) is -3.52. The number of ether oxygens (including phenoxy) is 7. The van der Waals surface area contributed by atoms with Crippen molar-refractivity contribution in [2.24, 2.45) is 23.2 Å². The van der Waals surface area contributed by atoms with Gasteiger partial charge in [0.2, 0.25) is 0 Å². The molecule has 1 aliphatic heterocycles. The van der Waals surface area contributed by atoms with Crippen LogP contribution in [-0.4, -0.2) is 73.2 Å². The zero-order chi connectivity index (χ0) is 29.8. The first-order valence-corrected chi connectivity index (χ1v) is 13.8. The highest BCUT2D eigenvalue weighted by Crippen LogP contribution is 2.64. The Kier molecular flexibility index (Phi) is 7.88. The zero-order valence-electron chi connectivity index (χ0n) is 24.4. The largest absolute Gasteiger partial charge is 0.508 e. The Morgan fingerprint density at radius 1 is 0.775 bits per heavy atom. The lowest BCUT2D eigenvalue weighted by Crippen LogP contribution is -2.69. The molecule has 0 N–H and O–H groups in total. The van der Waals surface area contributed by atoms with Crippen LogP contribution in [0.3, 0.4) is 0 Å². The van der Waals surface area contributed by atoms with Crippen molar-refractivity contribution >= 4 is 18.3 Å². The summed E-state index contributed by atoms with van der Waals surface area (Å²) < 4.78 is 67.0. The Bertz CT molecular complexity index is 933. The van der Waals surface area contributed by atoms with Gasteiger partial charge >= 0.3 is 24.2 Å². The first kappa shape index (κ1) is 30.7. The van der Waals surface area contributed by atoms with Crippen molar-refractivity contribution in [3.05, 3.63) is 0 Å². The van der Waals surface area contributed by atoms with Crippen molar-refractivity contribution in [2.75, 3.05) is 26.4 Å². The predicted octanol–water partition coefficient (Wildman–Crippen LogP) is 5.40. The minimum atomic E-state index is -3.57. The van der Waals surface area contributed by atoms with Crippen molar-refractivity contribution in [1.82, 2.24) is 0 Å². The predicted molar refractivity (Wildman–Crippen MR) is 134 cm³/mol. The summed E-state index contributed by atoms with van der Waals surface area (Å²) in [6.45, 7) is 10.5. The number of hydrogen-bond acceptors (Lipinski definition) is 10. The van der Waals surface area contributed by atoms with E-state index in [4.69, 9.17) is 33.2 Å². The number of hydrogen-bond donors (Lipinski definition) is 0. The van der Waals surface area contributed by atoms with Gasteiger partial charge in [-0.1, -0.05) is 0 Å². The van der Waals surface area contributed by atoms with Gasteiger partial charge in [-0.15, -0.1) is 0 Å². The number of carbonyl (C=O) groups excluding carboxylic acids is 3. The van der Waals surface area contributed by atoms with Crippen molar-refractivity contribution < 1.29 is 56.3 Å². The fraction of sp³-hybridized carbons (Fsp3) is 0.893. The van der Waals surface area contributed by atoms with E-state index in [1.807, 2.05) is 0 Å². The minimum absolute atomic E-state index is 0.0378. The van der Waals surface area contributed by atoms with Crippen LogP contribution in [0.15, 0.2) is 0 Å². The van der Waals surface area contributed by atoms with Crippen LogP contribution in [-0.2, 0) is 38.0 Å². The third kappa shape index (κ3) is 6.80. The fourth-order valence-electron chi connectivity index (χ4n) is 6.54. The molecule has 40 heavy (non-hydrogen) atoms. The Morgan fingerprint density at radius 3 is 1.62 bits per heavy atom. The van der Waals surface area contributed by atoms with Gasteiger partial charge in [0.15, 0.2) is 5.79 Å². The molecule has 4 saturated carbocycles. The van der Waals surface area contributed by atoms with Crippen molar-refractivity contribution in [3.8, 4) is 0 Å². The lowest BCUT2D eigenvalue weighted by molar-refractivity contribution is -0.397. The topological polar surface area (TPSA) is 116 Å². The van der Waals surface area contributed by atoms with Crippen LogP contribution in [0, 0.1) is 23.2 Å². The average Bonchev–Trinajstić information content (AvgIpc) is 2.77. The summed E-state index contributed by atoms with van der Waals surface area (Å²) in [6.07, 6.45) is 1.03. The molecule has 2 unspecified atom stereocenters. The fourth-order valence-corrected chi connectivity index (χ4v) is 6.54. The zero-order valence-corrected chi connectivity index (χ0v) is 24.4. The van der Waals surface area contributed by atoms with Gasteiger partial charge in [0, 0.05) is 18.8 Å². The van der Waals surface area contributed by atoms with Crippen LogP contribution >= 0.6 is 0 Å². The van der Waals surface area contributed by atoms with Crippen LogP contribution < -0.4 is 0 Å². The Morgan fingerprint density at radius 2 is 1.23 bits per heavy atom. The minimum Gasteiger partial charge on any atom is -0.455 e. The molecule has 0 radical (unpaired) electrons. The number of alkyl halides is 2. The number of halogens is 2. The van der Waals surface area contributed by atoms with E-state index in [2.05, 4.69) is 0 Å². The Balaban J connectivity index is 1.46. The molecule has 1 heterocycles. The molecule has 10 nitrogen and oxygen atoms in total. The second-order valence-corrected chi connectivity index (χ2v) is 14.1. The average molecular weight is 577 g/mol. The quantitative estimate of drug-likeness (QED) is 0.301. The van der Waals surface area contributed by atoms with Crippen molar-refractivity contribution in [3.63, 3.8) is 0 Å². The highest BCUT2D eigenvalue weighted by molar-refractivity contribution is 5.77. The van der Waals surface area contributed by atoms with Gasteiger partial charge in [0.1, 0.15) is 30.0 Å². The van der Waals surface area contributed by atoms with Crippen molar-refractivity contribution in [2.45, 2.75) is 109 Å². The molecule has 0 aromatic heterocycles. The molecule has 1 saturated heterocycles. The highest BCUT2D eigenvalue weighted by atomic mass is 19.3. The normalized spacial score (nSPS) is 30.5. The molecule has 12 heteroatoms. The smallest absolute Gasteiger partial charge is 0.455 e. The summed E-state index contributed by atoms with van der Waals surface area (Å²) in [5.74, 6) is -6.20. The van der Waals surface area contributed by atoms with Gasteiger partial charge in [0.25, 0.3) is 0 Å². The maximum absolute atomic E-state index is 13.7. The molecule has 5 rings (SSSR count). The van der Waals surface area contributed by atoms with Gasteiger partial charge in [-0.05, 0) is 79.6 Å². The molecular weight excluding hydrogens is 534 g/mol. The number of carbonyl (C=O) groups is 3. The maximum Gasteiger partial charge on any atom is 0.508 e. The summed E-state index contributed by atoms with van der Waals surface area (Å²) in [7, 11) is 0. The summed E-state index contributed by atoms with van der Waals surface area (Å²) >= 11 is 0. The second kappa shape index (κ2) is 10.3. The molecular formula is C28H42F2O10. The van der Waals surface area contributed by atoms with E-state index in [0.717, 1.165) is 12.8 Å². The van der Waals surface area contributed by atoms with Gasteiger partial charge < -0.3 is 33.2 Å². The molecule has 5 fully saturated rings. The van der Waals surface area contributed by atoms with Crippen LogP contribution in [0.25, 0.3) is 0 Å². The van der Waals surface area contributed by atoms with Crippen LogP contribution in [0.5, 0.6) is 0 Å². The molecule has 4 bridgehead atoms. The van der Waals surface area contributed by atoms with E-state index in [9.17, 15) is 23.2 Å². The standard InChI is InChI=1S/C28H42F2O10/c1-23(2,3)39-21(32)34-13-26(14-35-22(33)40-24(4,5)6)15-36-28(37-16-26)18-8-17-9-19(28)12-27(10-17,11-18)38-20(31)25(7,29)30/h17-19H,8-16H2,1-7H3. The van der Waals surface area contributed by atoms with E-state index < -0.39 is 52.2 Å². The lowest BCUT2D eigenvalue weighted by Gasteiger charge is -2.65. The van der Waals surface area contributed by atoms with Gasteiger partial charge in [-0.25, -0.2) is 14.4 Å². The number of rotatable bonds is 6. The van der Waals surface area contributed by atoms with E-state index >= 15 is 0 Å². The third-order valence-corrected chi connectivity index (χ3v) is 7.92. The van der Waals surface area contributed by atoms with E-state index in [1.54, 1.807) is 41.5 Å².